The van der Waals surface area contributed by atoms with Crippen LogP contribution in [0.2, 0.25) is 0 Å². The third kappa shape index (κ3) is 4.51. The molecule has 84 valence electrons. The minimum atomic E-state index is -4.26. The Balaban J connectivity index is 2.54. The molecule has 0 aliphatic heterocycles. The molecular weight excluding hydrogens is 280 g/mol. The molecular formula is C9H7BrF4O. The van der Waals surface area contributed by atoms with Crippen molar-refractivity contribution >= 4 is 15.9 Å². The standard InChI is InChI=1S/C9H7BrF4O/c10-7-2-1-6(11)5-8(7)15-4-3-9(12,13)14/h1-2,5H,3-4H2. The van der Waals surface area contributed by atoms with Gasteiger partial charge in [0.15, 0.2) is 0 Å². The summed E-state index contributed by atoms with van der Waals surface area (Å²) in [6.07, 6.45) is -5.32. The Labute approximate surface area is 92.2 Å². The number of alkyl halides is 3. The third-order valence-electron chi connectivity index (χ3n) is 1.54. The highest BCUT2D eigenvalue weighted by Gasteiger charge is 2.26. The Morgan fingerprint density at radius 2 is 1.93 bits per heavy atom. The molecule has 0 spiro atoms. The van der Waals surface area contributed by atoms with Gasteiger partial charge in [0.05, 0.1) is 17.5 Å². The van der Waals surface area contributed by atoms with E-state index in [1.54, 1.807) is 0 Å². The molecule has 0 atom stereocenters. The second-order valence-corrected chi connectivity index (χ2v) is 3.64. The second-order valence-electron chi connectivity index (χ2n) is 2.79. The maximum atomic E-state index is 12.7. The number of halogens is 5. The van der Waals surface area contributed by atoms with Gasteiger partial charge in [0.25, 0.3) is 0 Å². The minimum absolute atomic E-state index is 0.0688. The van der Waals surface area contributed by atoms with Gasteiger partial charge in [0.2, 0.25) is 0 Å². The summed E-state index contributed by atoms with van der Waals surface area (Å²) >= 11 is 3.04. The summed E-state index contributed by atoms with van der Waals surface area (Å²) in [4.78, 5) is 0. The summed E-state index contributed by atoms with van der Waals surface area (Å²) in [5, 5.41) is 0. The molecule has 0 amide bonds. The maximum absolute atomic E-state index is 12.7. The predicted molar refractivity (Wildman–Crippen MR) is 50.3 cm³/mol. The van der Waals surface area contributed by atoms with Crippen molar-refractivity contribution in [3.8, 4) is 5.75 Å². The minimum Gasteiger partial charge on any atom is -0.492 e. The van der Waals surface area contributed by atoms with Crippen molar-refractivity contribution in [2.24, 2.45) is 0 Å². The molecule has 0 aromatic heterocycles. The van der Waals surface area contributed by atoms with Crippen LogP contribution in [-0.2, 0) is 0 Å². The fourth-order valence-electron chi connectivity index (χ4n) is 0.865. The third-order valence-corrected chi connectivity index (χ3v) is 2.19. The lowest BCUT2D eigenvalue weighted by Gasteiger charge is -2.09. The molecule has 0 aliphatic rings. The van der Waals surface area contributed by atoms with Crippen molar-refractivity contribution in [3.05, 3.63) is 28.5 Å². The molecule has 1 rings (SSSR count). The molecule has 0 fully saturated rings. The molecule has 1 aromatic carbocycles. The van der Waals surface area contributed by atoms with Gasteiger partial charge in [-0.05, 0) is 28.1 Å². The van der Waals surface area contributed by atoms with Crippen LogP contribution in [0.1, 0.15) is 6.42 Å². The second kappa shape index (κ2) is 4.83. The van der Waals surface area contributed by atoms with Crippen LogP contribution in [0.5, 0.6) is 5.75 Å². The summed E-state index contributed by atoms with van der Waals surface area (Å²) in [5.74, 6) is -0.487. The van der Waals surface area contributed by atoms with Gasteiger partial charge in [0, 0.05) is 6.07 Å². The van der Waals surface area contributed by atoms with E-state index < -0.39 is 25.0 Å². The van der Waals surface area contributed by atoms with Gasteiger partial charge >= 0.3 is 6.18 Å². The monoisotopic (exact) mass is 286 g/mol. The lowest BCUT2D eigenvalue weighted by atomic mass is 10.3. The van der Waals surface area contributed by atoms with Crippen molar-refractivity contribution in [1.29, 1.82) is 0 Å². The highest BCUT2D eigenvalue weighted by Crippen LogP contribution is 2.27. The van der Waals surface area contributed by atoms with Gasteiger partial charge in [-0.1, -0.05) is 0 Å². The van der Waals surface area contributed by atoms with Crippen LogP contribution in [-0.4, -0.2) is 12.8 Å². The first-order valence-corrected chi connectivity index (χ1v) is 4.82. The molecule has 0 aliphatic carbocycles. The number of benzene rings is 1. The lowest BCUT2D eigenvalue weighted by Crippen LogP contribution is -2.13. The molecule has 0 radical (unpaired) electrons. The molecule has 0 saturated heterocycles. The molecule has 0 heterocycles. The van der Waals surface area contributed by atoms with Crippen LogP contribution in [0.15, 0.2) is 22.7 Å². The summed E-state index contributed by atoms with van der Waals surface area (Å²) in [6, 6.07) is 3.58. The smallest absolute Gasteiger partial charge is 0.392 e. The topological polar surface area (TPSA) is 9.23 Å². The lowest BCUT2D eigenvalue weighted by molar-refractivity contribution is -0.139. The van der Waals surface area contributed by atoms with E-state index in [1.165, 1.54) is 12.1 Å². The summed E-state index contributed by atoms with van der Waals surface area (Å²) in [7, 11) is 0. The molecule has 15 heavy (non-hydrogen) atoms. The average molecular weight is 287 g/mol. The molecule has 0 saturated carbocycles. The Hall–Kier alpha value is -0.780. The largest absolute Gasteiger partial charge is 0.492 e. The first-order chi connectivity index (χ1) is 6.88. The van der Waals surface area contributed by atoms with E-state index in [0.29, 0.717) is 4.47 Å². The van der Waals surface area contributed by atoms with E-state index in [1.807, 2.05) is 0 Å². The van der Waals surface area contributed by atoms with Gasteiger partial charge in [-0.15, -0.1) is 0 Å². The molecule has 1 nitrogen and oxygen atoms in total. The summed E-state index contributed by atoms with van der Waals surface area (Å²) in [6.45, 7) is -0.522. The first-order valence-electron chi connectivity index (χ1n) is 4.03. The fraction of sp³-hybridized carbons (Fsp3) is 0.333. The zero-order chi connectivity index (χ0) is 11.5. The molecule has 0 unspecified atom stereocenters. The Kier molecular flexibility index (Phi) is 3.96. The van der Waals surface area contributed by atoms with Crippen LogP contribution in [0.4, 0.5) is 17.6 Å². The Bertz CT molecular complexity index is 337. The zero-order valence-electron chi connectivity index (χ0n) is 7.44. The highest BCUT2D eigenvalue weighted by molar-refractivity contribution is 9.10. The number of hydrogen-bond acceptors (Lipinski definition) is 1. The van der Waals surface area contributed by atoms with Crippen molar-refractivity contribution < 1.29 is 22.3 Å². The molecule has 0 bridgehead atoms. The van der Waals surface area contributed by atoms with Crippen LogP contribution < -0.4 is 4.74 Å². The predicted octanol–water partition coefficient (Wildman–Crippen LogP) is 3.92. The molecule has 1 aromatic rings. The van der Waals surface area contributed by atoms with Gasteiger partial charge in [-0.3, -0.25) is 0 Å². The van der Waals surface area contributed by atoms with Crippen LogP contribution in [0, 0.1) is 5.82 Å². The molecule has 0 N–H and O–H groups in total. The average Bonchev–Trinajstić information content (AvgIpc) is 2.09. The van der Waals surface area contributed by atoms with Crippen molar-refractivity contribution in [3.63, 3.8) is 0 Å². The number of hydrogen-bond donors (Lipinski definition) is 0. The van der Waals surface area contributed by atoms with E-state index in [9.17, 15) is 17.6 Å². The van der Waals surface area contributed by atoms with Crippen molar-refractivity contribution in [2.75, 3.05) is 6.61 Å². The van der Waals surface area contributed by atoms with Crippen molar-refractivity contribution in [1.82, 2.24) is 0 Å². The van der Waals surface area contributed by atoms with Gasteiger partial charge in [0.1, 0.15) is 11.6 Å². The highest BCUT2D eigenvalue weighted by atomic mass is 79.9. The molecule has 6 heteroatoms. The Morgan fingerprint density at radius 3 is 2.53 bits per heavy atom. The fourth-order valence-corrected chi connectivity index (χ4v) is 1.23. The Morgan fingerprint density at radius 1 is 1.27 bits per heavy atom. The van der Waals surface area contributed by atoms with Gasteiger partial charge < -0.3 is 4.74 Å². The van der Waals surface area contributed by atoms with E-state index in [-0.39, 0.29) is 5.75 Å². The van der Waals surface area contributed by atoms with Crippen LogP contribution in [0.3, 0.4) is 0 Å². The SMILES string of the molecule is Fc1ccc(Br)c(OCCC(F)(F)F)c1. The number of rotatable bonds is 3. The maximum Gasteiger partial charge on any atom is 0.392 e. The van der Waals surface area contributed by atoms with Crippen LogP contribution >= 0.6 is 15.9 Å². The quantitative estimate of drug-likeness (QED) is 0.766. The van der Waals surface area contributed by atoms with Gasteiger partial charge in [-0.25, -0.2) is 4.39 Å². The normalized spacial score (nSPS) is 11.5. The zero-order valence-corrected chi connectivity index (χ0v) is 9.03. The first kappa shape index (κ1) is 12.3. The van der Waals surface area contributed by atoms with E-state index in [2.05, 4.69) is 15.9 Å². The van der Waals surface area contributed by atoms with Gasteiger partial charge in [-0.2, -0.15) is 13.2 Å². The van der Waals surface area contributed by atoms with E-state index >= 15 is 0 Å². The summed E-state index contributed by atoms with van der Waals surface area (Å²) < 4.78 is 53.2. The number of ether oxygens (including phenoxy) is 1. The van der Waals surface area contributed by atoms with E-state index in [4.69, 9.17) is 4.74 Å². The van der Waals surface area contributed by atoms with Crippen molar-refractivity contribution in [2.45, 2.75) is 12.6 Å². The van der Waals surface area contributed by atoms with E-state index in [0.717, 1.165) is 6.07 Å². The van der Waals surface area contributed by atoms with Crippen LogP contribution in [0.25, 0.3) is 0 Å². The summed E-state index contributed by atoms with van der Waals surface area (Å²) in [5.41, 5.74) is 0.